The van der Waals surface area contributed by atoms with Gasteiger partial charge in [-0.15, -0.1) is 0 Å². The third-order valence-corrected chi connectivity index (χ3v) is 5.52. The number of aromatic carboxylic acids is 1. The summed E-state index contributed by atoms with van der Waals surface area (Å²) in [5.74, 6) is -1.83. The molecule has 1 aromatic heterocycles. The number of nitrogens with zero attached hydrogens (tertiary/aromatic N) is 3. The van der Waals surface area contributed by atoms with Crippen molar-refractivity contribution in [3.63, 3.8) is 0 Å². The number of hydrogen-bond acceptors (Lipinski definition) is 4. The Morgan fingerprint density at radius 3 is 2.38 bits per heavy atom. The highest BCUT2D eigenvalue weighted by atomic mass is 32.2. The molecule has 0 amide bonds. The Morgan fingerprint density at radius 2 is 1.84 bits per heavy atom. The molecule has 1 heterocycles. The van der Waals surface area contributed by atoms with Crippen molar-refractivity contribution in [3.05, 3.63) is 83.4 Å². The molecule has 0 aliphatic carbocycles. The lowest BCUT2D eigenvalue weighted by Crippen LogP contribution is -2.17. The predicted octanol–water partition coefficient (Wildman–Crippen LogP) is 5.95. The van der Waals surface area contributed by atoms with Crippen LogP contribution in [0.25, 0.3) is 16.0 Å². The van der Waals surface area contributed by atoms with E-state index in [1.165, 1.54) is 37.4 Å². The first-order chi connectivity index (χ1) is 15.0. The van der Waals surface area contributed by atoms with Gasteiger partial charge >= 0.3 is 12.1 Å². The summed E-state index contributed by atoms with van der Waals surface area (Å²) in [5.41, 5.74) is 0.317. The molecule has 0 bridgehead atoms. The van der Waals surface area contributed by atoms with E-state index >= 15 is 0 Å². The van der Waals surface area contributed by atoms with Gasteiger partial charge in [-0.1, -0.05) is 42.6 Å². The molecule has 10 heteroatoms. The molecule has 5 nitrogen and oxygen atoms in total. The summed E-state index contributed by atoms with van der Waals surface area (Å²) in [6.07, 6.45) is -4.46. The van der Waals surface area contributed by atoms with Crippen molar-refractivity contribution >= 4 is 27.8 Å². The van der Waals surface area contributed by atoms with Gasteiger partial charge in [0, 0.05) is 17.5 Å². The van der Waals surface area contributed by atoms with E-state index in [1.54, 1.807) is 13.0 Å². The number of aliphatic imine (C=N–C) groups is 1. The minimum Gasteiger partial charge on any atom is -0.476 e. The fourth-order valence-electron chi connectivity index (χ4n) is 3.05. The Bertz CT molecular complexity index is 1210. The van der Waals surface area contributed by atoms with Gasteiger partial charge in [0.2, 0.25) is 0 Å². The number of halogens is 4. The Hall–Kier alpha value is -3.40. The Labute approximate surface area is 185 Å². The van der Waals surface area contributed by atoms with Gasteiger partial charge in [-0.25, -0.2) is 13.9 Å². The van der Waals surface area contributed by atoms with Crippen molar-refractivity contribution in [1.29, 1.82) is 0 Å². The van der Waals surface area contributed by atoms with E-state index in [0.29, 0.717) is 21.7 Å². The van der Waals surface area contributed by atoms with Crippen LogP contribution in [0.4, 0.5) is 17.6 Å². The quantitative estimate of drug-likeness (QED) is 0.295. The van der Waals surface area contributed by atoms with E-state index < -0.39 is 23.5 Å². The molecular weight excluding hydrogens is 446 g/mol. The lowest BCUT2D eigenvalue weighted by Gasteiger charge is -2.12. The molecule has 0 saturated heterocycles. The standard InChI is InChI=1S/C22H17F4N3O2S/c1-12-18(15-5-4-6-17(23)11-15)19(20(30)31)29(28-12)21(27-3)32-13(2)14-7-9-16(10-8-14)22(24,25)26/h4-11H,2H2,1,3H3,(H,30,31)/b27-21-. The maximum atomic E-state index is 13.7. The summed E-state index contributed by atoms with van der Waals surface area (Å²) in [6.45, 7) is 5.46. The number of carboxylic acid groups (broad SMARTS) is 1. The van der Waals surface area contributed by atoms with Crippen molar-refractivity contribution in [2.24, 2.45) is 4.99 Å². The second kappa shape index (κ2) is 8.99. The van der Waals surface area contributed by atoms with E-state index in [1.807, 2.05) is 0 Å². The van der Waals surface area contributed by atoms with Gasteiger partial charge in [-0.05, 0) is 42.3 Å². The largest absolute Gasteiger partial charge is 0.476 e. The molecule has 0 saturated carbocycles. The van der Waals surface area contributed by atoms with Crippen LogP contribution in [-0.4, -0.2) is 33.1 Å². The second-order valence-electron chi connectivity index (χ2n) is 6.64. The lowest BCUT2D eigenvalue weighted by molar-refractivity contribution is -0.137. The number of thioether (sulfide) groups is 1. The summed E-state index contributed by atoms with van der Waals surface area (Å²) in [7, 11) is 1.42. The molecular formula is C22H17F4N3O2S. The highest BCUT2D eigenvalue weighted by molar-refractivity contribution is 8.21. The van der Waals surface area contributed by atoms with Crippen LogP contribution in [0.5, 0.6) is 0 Å². The van der Waals surface area contributed by atoms with Crippen LogP contribution in [0.1, 0.15) is 27.3 Å². The maximum Gasteiger partial charge on any atom is 0.416 e. The summed E-state index contributed by atoms with van der Waals surface area (Å²) in [5, 5.41) is 14.3. The van der Waals surface area contributed by atoms with Gasteiger partial charge in [0.05, 0.1) is 11.3 Å². The number of hydrogen-bond donors (Lipinski definition) is 1. The molecule has 0 fully saturated rings. The number of benzene rings is 2. The van der Waals surface area contributed by atoms with Crippen LogP contribution >= 0.6 is 11.8 Å². The number of carboxylic acids is 1. The smallest absolute Gasteiger partial charge is 0.416 e. The van der Waals surface area contributed by atoms with E-state index in [2.05, 4.69) is 16.7 Å². The number of alkyl halides is 3. The number of carbonyl (C=O) groups is 1. The zero-order valence-corrected chi connectivity index (χ0v) is 17.8. The minimum absolute atomic E-state index is 0.137. The van der Waals surface area contributed by atoms with Gasteiger partial charge in [0.25, 0.3) is 0 Å². The molecule has 1 N–H and O–H groups in total. The molecule has 0 aliphatic rings. The molecule has 3 rings (SSSR count). The van der Waals surface area contributed by atoms with Crippen molar-refractivity contribution in [2.75, 3.05) is 7.05 Å². The van der Waals surface area contributed by atoms with E-state index in [0.717, 1.165) is 28.6 Å². The summed E-state index contributed by atoms with van der Waals surface area (Å²) >= 11 is 0.954. The summed E-state index contributed by atoms with van der Waals surface area (Å²) < 4.78 is 53.2. The molecule has 2 aromatic carbocycles. The van der Waals surface area contributed by atoms with E-state index in [4.69, 9.17) is 0 Å². The zero-order chi connectivity index (χ0) is 23.6. The summed E-state index contributed by atoms with van der Waals surface area (Å²) in [6, 6.07) is 9.90. The third kappa shape index (κ3) is 4.75. The molecule has 0 atom stereocenters. The first kappa shape index (κ1) is 23.3. The van der Waals surface area contributed by atoms with Crippen molar-refractivity contribution in [2.45, 2.75) is 13.1 Å². The molecule has 3 aromatic rings. The normalized spacial score (nSPS) is 12.1. The zero-order valence-electron chi connectivity index (χ0n) is 16.9. The van der Waals surface area contributed by atoms with E-state index in [-0.39, 0.29) is 16.4 Å². The molecule has 0 unspecified atom stereocenters. The first-order valence-corrected chi connectivity index (χ1v) is 9.95. The van der Waals surface area contributed by atoms with Crippen LogP contribution < -0.4 is 0 Å². The monoisotopic (exact) mass is 463 g/mol. The first-order valence-electron chi connectivity index (χ1n) is 9.13. The van der Waals surface area contributed by atoms with Gasteiger partial charge in [0.15, 0.2) is 10.9 Å². The predicted molar refractivity (Wildman–Crippen MR) is 116 cm³/mol. The lowest BCUT2D eigenvalue weighted by atomic mass is 10.0. The van der Waals surface area contributed by atoms with Gasteiger partial charge in [0.1, 0.15) is 5.82 Å². The second-order valence-corrected chi connectivity index (χ2v) is 7.70. The molecule has 32 heavy (non-hydrogen) atoms. The van der Waals surface area contributed by atoms with Crippen LogP contribution in [0, 0.1) is 12.7 Å². The highest BCUT2D eigenvalue weighted by Crippen LogP contribution is 2.34. The van der Waals surface area contributed by atoms with Gasteiger partial charge < -0.3 is 5.11 Å². The third-order valence-electron chi connectivity index (χ3n) is 4.50. The average molecular weight is 463 g/mol. The minimum atomic E-state index is -4.46. The number of aromatic nitrogens is 2. The molecule has 0 aliphatic heterocycles. The van der Waals surface area contributed by atoms with Crippen LogP contribution in [-0.2, 0) is 6.18 Å². The Kier molecular flexibility index (Phi) is 6.54. The summed E-state index contributed by atoms with van der Waals surface area (Å²) in [4.78, 5) is 16.5. The Morgan fingerprint density at radius 1 is 1.19 bits per heavy atom. The highest BCUT2D eigenvalue weighted by Gasteiger charge is 2.30. The Balaban J connectivity index is 1.98. The van der Waals surface area contributed by atoms with Crippen molar-refractivity contribution < 1.29 is 27.5 Å². The van der Waals surface area contributed by atoms with Crippen molar-refractivity contribution in [1.82, 2.24) is 9.78 Å². The van der Waals surface area contributed by atoms with Crippen LogP contribution in [0.2, 0.25) is 0 Å². The fraction of sp³-hybridized carbons (Fsp3) is 0.136. The molecule has 166 valence electrons. The topological polar surface area (TPSA) is 67.5 Å². The van der Waals surface area contributed by atoms with Gasteiger partial charge in [-0.3, -0.25) is 4.99 Å². The molecule has 0 radical (unpaired) electrons. The SMILES string of the molecule is C=C(S/C(=N\C)n1nc(C)c(-c2cccc(F)c2)c1C(=O)O)c1ccc(C(F)(F)F)cc1. The fourth-order valence-corrected chi connectivity index (χ4v) is 3.83. The number of aryl methyl sites for hydroxylation is 1. The van der Waals surface area contributed by atoms with Gasteiger partial charge in [-0.2, -0.15) is 18.3 Å². The average Bonchev–Trinajstić information content (AvgIpc) is 3.08. The van der Waals surface area contributed by atoms with Crippen LogP contribution in [0.15, 0.2) is 60.1 Å². The van der Waals surface area contributed by atoms with Crippen molar-refractivity contribution in [3.8, 4) is 11.1 Å². The number of rotatable bonds is 4. The molecule has 0 spiro atoms. The van der Waals surface area contributed by atoms with Crippen LogP contribution in [0.3, 0.4) is 0 Å². The maximum absolute atomic E-state index is 13.7. The van der Waals surface area contributed by atoms with E-state index in [9.17, 15) is 27.5 Å².